The SMILES string of the molecule is CC(C)CSC(CO)C(N)C(C)C. The minimum Gasteiger partial charge on any atom is -0.395 e. The van der Waals surface area contributed by atoms with Crippen molar-refractivity contribution in [3.8, 4) is 0 Å². The first-order valence-electron chi connectivity index (χ1n) is 4.97. The van der Waals surface area contributed by atoms with Crippen LogP contribution in [-0.2, 0) is 0 Å². The molecule has 0 saturated heterocycles. The molecule has 0 aliphatic rings. The Labute approximate surface area is 86.3 Å². The van der Waals surface area contributed by atoms with Gasteiger partial charge >= 0.3 is 0 Å². The molecule has 0 fully saturated rings. The predicted octanol–water partition coefficient (Wildman–Crippen LogP) is 1.72. The second-order valence-electron chi connectivity index (χ2n) is 4.27. The van der Waals surface area contributed by atoms with Crippen molar-refractivity contribution in [1.29, 1.82) is 0 Å². The van der Waals surface area contributed by atoms with Gasteiger partial charge < -0.3 is 10.8 Å². The summed E-state index contributed by atoms with van der Waals surface area (Å²) in [6.07, 6.45) is 0. The maximum Gasteiger partial charge on any atom is 0.0565 e. The van der Waals surface area contributed by atoms with Crippen molar-refractivity contribution in [2.24, 2.45) is 17.6 Å². The summed E-state index contributed by atoms with van der Waals surface area (Å²) >= 11 is 1.79. The molecular weight excluding hydrogens is 182 g/mol. The monoisotopic (exact) mass is 205 g/mol. The van der Waals surface area contributed by atoms with E-state index in [2.05, 4.69) is 27.7 Å². The molecule has 0 aromatic rings. The van der Waals surface area contributed by atoms with Crippen molar-refractivity contribution in [2.45, 2.75) is 39.0 Å². The largest absolute Gasteiger partial charge is 0.395 e. The van der Waals surface area contributed by atoms with E-state index in [0.717, 1.165) is 5.75 Å². The minimum absolute atomic E-state index is 0.105. The van der Waals surface area contributed by atoms with Gasteiger partial charge in [-0.3, -0.25) is 0 Å². The Hall–Kier alpha value is 0.270. The van der Waals surface area contributed by atoms with Gasteiger partial charge in [0.25, 0.3) is 0 Å². The van der Waals surface area contributed by atoms with Gasteiger partial charge in [-0.05, 0) is 17.6 Å². The fraction of sp³-hybridized carbons (Fsp3) is 1.00. The van der Waals surface area contributed by atoms with Crippen LogP contribution < -0.4 is 5.73 Å². The number of aliphatic hydroxyl groups is 1. The molecule has 0 rings (SSSR count). The van der Waals surface area contributed by atoms with Gasteiger partial charge in [-0.15, -0.1) is 0 Å². The Morgan fingerprint density at radius 2 is 1.77 bits per heavy atom. The van der Waals surface area contributed by atoms with E-state index in [0.29, 0.717) is 11.8 Å². The Morgan fingerprint density at radius 3 is 2.08 bits per heavy atom. The quantitative estimate of drug-likeness (QED) is 0.694. The van der Waals surface area contributed by atoms with E-state index >= 15 is 0 Å². The van der Waals surface area contributed by atoms with Crippen molar-refractivity contribution in [3.63, 3.8) is 0 Å². The highest BCUT2D eigenvalue weighted by atomic mass is 32.2. The Bertz CT molecular complexity index is 128. The van der Waals surface area contributed by atoms with Gasteiger partial charge in [0, 0.05) is 11.3 Å². The van der Waals surface area contributed by atoms with Crippen LogP contribution >= 0.6 is 11.8 Å². The standard InChI is InChI=1S/C10H23NOS/c1-7(2)6-13-9(5-12)10(11)8(3)4/h7-10,12H,5-6,11H2,1-4H3. The van der Waals surface area contributed by atoms with E-state index in [1.807, 2.05) is 0 Å². The Morgan fingerprint density at radius 1 is 1.23 bits per heavy atom. The average molecular weight is 205 g/mol. The molecule has 2 atom stereocenters. The van der Waals surface area contributed by atoms with Crippen LogP contribution in [0.15, 0.2) is 0 Å². The lowest BCUT2D eigenvalue weighted by Crippen LogP contribution is -2.39. The normalized spacial score (nSPS) is 16.6. The molecule has 0 heterocycles. The molecule has 0 bridgehead atoms. The summed E-state index contributed by atoms with van der Waals surface area (Å²) in [5, 5.41) is 9.35. The van der Waals surface area contributed by atoms with Crippen LogP contribution in [0.2, 0.25) is 0 Å². The zero-order valence-electron chi connectivity index (χ0n) is 9.16. The maximum atomic E-state index is 9.16. The second kappa shape index (κ2) is 6.68. The van der Waals surface area contributed by atoms with Crippen LogP contribution in [-0.4, -0.2) is 28.8 Å². The first-order chi connectivity index (χ1) is 5.99. The zero-order chi connectivity index (χ0) is 10.4. The molecular formula is C10H23NOS. The number of hydrogen-bond donors (Lipinski definition) is 2. The third-order valence-corrected chi connectivity index (χ3v) is 3.77. The van der Waals surface area contributed by atoms with Gasteiger partial charge in [0.2, 0.25) is 0 Å². The zero-order valence-corrected chi connectivity index (χ0v) is 9.97. The number of thioether (sulfide) groups is 1. The van der Waals surface area contributed by atoms with Gasteiger partial charge in [-0.2, -0.15) is 11.8 Å². The molecule has 0 aromatic carbocycles. The smallest absolute Gasteiger partial charge is 0.0565 e. The summed E-state index contributed by atoms with van der Waals surface area (Å²) in [5.41, 5.74) is 5.98. The summed E-state index contributed by atoms with van der Waals surface area (Å²) in [6.45, 7) is 8.76. The first-order valence-corrected chi connectivity index (χ1v) is 6.02. The van der Waals surface area contributed by atoms with Gasteiger partial charge in [-0.25, -0.2) is 0 Å². The van der Waals surface area contributed by atoms with Crippen molar-refractivity contribution in [3.05, 3.63) is 0 Å². The third-order valence-electron chi connectivity index (χ3n) is 2.02. The van der Waals surface area contributed by atoms with Crippen LogP contribution in [0.4, 0.5) is 0 Å². The van der Waals surface area contributed by atoms with Crippen LogP contribution in [0.3, 0.4) is 0 Å². The van der Waals surface area contributed by atoms with Crippen LogP contribution in [0.25, 0.3) is 0 Å². The van der Waals surface area contributed by atoms with Crippen LogP contribution in [0, 0.1) is 11.8 Å². The van der Waals surface area contributed by atoms with Crippen molar-refractivity contribution in [1.82, 2.24) is 0 Å². The summed E-state index contributed by atoms with van der Waals surface area (Å²) in [7, 11) is 0. The maximum absolute atomic E-state index is 9.16. The van der Waals surface area contributed by atoms with Crippen LogP contribution in [0.1, 0.15) is 27.7 Å². The lowest BCUT2D eigenvalue weighted by Gasteiger charge is -2.25. The van der Waals surface area contributed by atoms with E-state index in [9.17, 15) is 0 Å². The van der Waals surface area contributed by atoms with E-state index in [1.165, 1.54) is 0 Å². The highest BCUT2D eigenvalue weighted by molar-refractivity contribution is 8.00. The first kappa shape index (κ1) is 13.3. The topological polar surface area (TPSA) is 46.2 Å². The molecule has 0 spiro atoms. The van der Waals surface area contributed by atoms with E-state index in [-0.39, 0.29) is 17.9 Å². The van der Waals surface area contributed by atoms with E-state index < -0.39 is 0 Å². The molecule has 0 radical (unpaired) electrons. The molecule has 2 unspecified atom stereocenters. The molecule has 0 amide bonds. The van der Waals surface area contributed by atoms with Crippen LogP contribution in [0.5, 0.6) is 0 Å². The number of hydrogen-bond acceptors (Lipinski definition) is 3. The number of rotatable bonds is 6. The predicted molar refractivity (Wildman–Crippen MR) is 61.0 cm³/mol. The Kier molecular flexibility index (Phi) is 6.82. The molecule has 0 aliphatic heterocycles. The van der Waals surface area contributed by atoms with Gasteiger partial charge in [0.15, 0.2) is 0 Å². The highest BCUT2D eigenvalue weighted by Crippen LogP contribution is 2.20. The number of nitrogens with two attached hydrogens (primary N) is 1. The molecule has 80 valence electrons. The molecule has 13 heavy (non-hydrogen) atoms. The van der Waals surface area contributed by atoms with Gasteiger partial charge in [0.1, 0.15) is 0 Å². The van der Waals surface area contributed by atoms with Gasteiger partial charge in [-0.1, -0.05) is 27.7 Å². The second-order valence-corrected chi connectivity index (χ2v) is 5.54. The van der Waals surface area contributed by atoms with E-state index in [1.54, 1.807) is 11.8 Å². The summed E-state index contributed by atoms with van der Waals surface area (Å²) in [6, 6.07) is 0.105. The highest BCUT2D eigenvalue weighted by Gasteiger charge is 2.20. The summed E-state index contributed by atoms with van der Waals surface area (Å²) < 4.78 is 0. The fourth-order valence-electron chi connectivity index (χ4n) is 1.03. The van der Waals surface area contributed by atoms with E-state index in [4.69, 9.17) is 10.8 Å². The summed E-state index contributed by atoms with van der Waals surface area (Å²) in [4.78, 5) is 0. The molecule has 3 N–H and O–H groups in total. The molecule has 0 aliphatic carbocycles. The van der Waals surface area contributed by atoms with Crippen molar-refractivity contribution < 1.29 is 5.11 Å². The molecule has 0 aromatic heterocycles. The van der Waals surface area contributed by atoms with Gasteiger partial charge in [0.05, 0.1) is 6.61 Å². The summed E-state index contributed by atoms with van der Waals surface area (Å²) in [5.74, 6) is 2.18. The van der Waals surface area contributed by atoms with Crippen molar-refractivity contribution >= 4 is 11.8 Å². The lowest BCUT2D eigenvalue weighted by molar-refractivity contribution is 0.269. The molecule has 2 nitrogen and oxygen atoms in total. The Balaban J connectivity index is 3.87. The molecule has 0 saturated carbocycles. The van der Waals surface area contributed by atoms with Crippen molar-refractivity contribution in [2.75, 3.05) is 12.4 Å². The number of aliphatic hydroxyl groups excluding tert-OH is 1. The minimum atomic E-state index is 0.105. The average Bonchev–Trinajstić information content (AvgIpc) is 2.04. The molecule has 3 heteroatoms. The fourth-order valence-corrected chi connectivity index (χ4v) is 2.30. The lowest BCUT2D eigenvalue weighted by atomic mass is 10.0. The third kappa shape index (κ3) is 5.55.